The minimum absolute atomic E-state index is 0.545. The molecule has 3 rings (SSSR count). The highest BCUT2D eigenvalue weighted by Gasteiger charge is 2.10. The first-order chi connectivity index (χ1) is 10.6. The molecule has 7 heteroatoms. The molecule has 3 heterocycles. The van der Waals surface area contributed by atoms with Crippen molar-refractivity contribution >= 4 is 34.3 Å². The molecule has 0 saturated heterocycles. The Morgan fingerprint density at radius 2 is 2.14 bits per heavy atom. The van der Waals surface area contributed by atoms with Crippen molar-refractivity contribution < 1.29 is 0 Å². The lowest BCUT2D eigenvalue weighted by atomic mass is 10.3. The summed E-state index contributed by atoms with van der Waals surface area (Å²) < 4.78 is 3.85. The predicted octanol–water partition coefficient (Wildman–Crippen LogP) is 3.67. The van der Waals surface area contributed by atoms with E-state index in [4.69, 9.17) is 11.6 Å². The Balaban J connectivity index is 1.86. The third kappa shape index (κ3) is 2.78. The van der Waals surface area contributed by atoms with Gasteiger partial charge in [0.2, 0.25) is 5.95 Å². The summed E-state index contributed by atoms with van der Waals surface area (Å²) in [6, 6.07) is 0. The Morgan fingerprint density at radius 3 is 2.91 bits per heavy atom. The molecule has 0 atom stereocenters. The second-order valence-corrected chi connectivity index (χ2v) is 5.80. The molecule has 0 saturated carbocycles. The normalized spacial score (nSPS) is 11.3. The van der Waals surface area contributed by atoms with Crippen LogP contribution >= 0.6 is 11.6 Å². The van der Waals surface area contributed by atoms with Crippen molar-refractivity contribution in [3.05, 3.63) is 29.3 Å². The van der Waals surface area contributed by atoms with E-state index in [1.165, 1.54) is 0 Å². The van der Waals surface area contributed by atoms with E-state index in [2.05, 4.69) is 27.3 Å². The fourth-order valence-corrected chi connectivity index (χ4v) is 2.65. The van der Waals surface area contributed by atoms with Crippen LogP contribution in [0.4, 0.5) is 11.6 Å². The molecule has 0 aliphatic heterocycles. The van der Waals surface area contributed by atoms with Crippen LogP contribution in [0, 0.1) is 6.92 Å². The van der Waals surface area contributed by atoms with Crippen LogP contribution in [-0.4, -0.2) is 24.3 Å². The van der Waals surface area contributed by atoms with Crippen molar-refractivity contribution in [2.24, 2.45) is 7.05 Å². The van der Waals surface area contributed by atoms with Crippen LogP contribution in [0.15, 0.2) is 18.6 Å². The van der Waals surface area contributed by atoms with Gasteiger partial charge in [0.05, 0.1) is 21.8 Å². The van der Waals surface area contributed by atoms with E-state index in [0.717, 1.165) is 41.8 Å². The zero-order chi connectivity index (χ0) is 15.7. The number of nitrogens with one attached hydrogen (secondary N) is 1. The molecule has 116 valence electrons. The van der Waals surface area contributed by atoms with Gasteiger partial charge in [-0.15, -0.1) is 0 Å². The zero-order valence-corrected chi connectivity index (χ0v) is 13.7. The molecule has 0 aliphatic rings. The number of unbranched alkanes of at least 4 members (excludes halogenated alkanes) is 1. The summed E-state index contributed by atoms with van der Waals surface area (Å²) in [5, 5.41) is 9.25. The van der Waals surface area contributed by atoms with E-state index in [9.17, 15) is 0 Å². The summed E-state index contributed by atoms with van der Waals surface area (Å²) in [6.07, 6.45) is 7.83. The van der Waals surface area contributed by atoms with Gasteiger partial charge in [-0.2, -0.15) is 10.1 Å². The summed E-state index contributed by atoms with van der Waals surface area (Å²) in [7, 11) is 1.92. The summed E-state index contributed by atoms with van der Waals surface area (Å²) in [6.45, 7) is 5.07. The first kappa shape index (κ1) is 14.8. The lowest BCUT2D eigenvalue weighted by Gasteiger charge is -2.03. The molecule has 0 aliphatic carbocycles. The summed E-state index contributed by atoms with van der Waals surface area (Å²) in [4.78, 5) is 8.85. The zero-order valence-electron chi connectivity index (χ0n) is 13.0. The first-order valence-corrected chi connectivity index (χ1v) is 7.75. The number of halogens is 1. The van der Waals surface area contributed by atoms with E-state index in [-0.39, 0.29) is 0 Å². The Morgan fingerprint density at radius 1 is 1.32 bits per heavy atom. The topological polar surface area (TPSA) is 60.6 Å². The van der Waals surface area contributed by atoms with Crippen molar-refractivity contribution in [2.75, 3.05) is 5.32 Å². The van der Waals surface area contributed by atoms with Gasteiger partial charge in [0.25, 0.3) is 0 Å². The largest absolute Gasteiger partial charge is 0.334 e. The molecule has 0 aromatic carbocycles. The molecule has 0 amide bonds. The maximum absolute atomic E-state index is 6.13. The minimum Gasteiger partial charge on any atom is -0.334 e. The number of anilines is 2. The van der Waals surface area contributed by atoms with Gasteiger partial charge in [-0.05, 0) is 13.3 Å². The number of fused-ring (bicyclic) bond motifs is 1. The van der Waals surface area contributed by atoms with E-state index < -0.39 is 0 Å². The third-order valence-corrected chi connectivity index (χ3v) is 3.90. The Kier molecular flexibility index (Phi) is 4.02. The van der Waals surface area contributed by atoms with Crippen molar-refractivity contribution in [2.45, 2.75) is 33.2 Å². The quantitative estimate of drug-likeness (QED) is 0.779. The number of aryl methyl sites for hydroxylation is 3. The molecule has 0 fully saturated rings. The number of rotatable bonds is 5. The number of hydrogen-bond donors (Lipinski definition) is 1. The van der Waals surface area contributed by atoms with Gasteiger partial charge in [-0.25, -0.2) is 4.98 Å². The van der Waals surface area contributed by atoms with Gasteiger partial charge in [-0.1, -0.05) is 24.9 Å². The molecule has 22 heavy (non-hydrogen) atoms. The third-order valence-electron chi connectivity index (χ3n) is 3.60. The minimum atomic E-state index is 0.545. The van der Waals surface area contributed by atoms with Crippen LogP contribution < -0.4 is 5.32 Å². The molecule has 1 N–H and O–H groups in total. The highest BCUT2D eigenvalue weighted by molar-refractivity contribution is 6.35. The van der Waals surface area contributed by atoms with Crippen molar-refractivity contribution in [1.29, 1.82) is 0 Å². The average molecular weight is 319 g/mol. The Hall–Kier alpha value is -2.08. The highest BCUT2D eigenvalue weighted by atomic mass is 35.5. The predicted molar refractivity (Wildman–Crippen MR) is 88.7 cm³/mol. The van der Waals surface area contributed by atoms with E-state index in [1.54, 1.807) is 6.20 Å². The SMILES string of the molecule is CCCCn1cc(Nc2ncc3c(Cl)cn(C)c3n2)c(C)n1. The molecule has 3 aromatic heterocycles. The number of aromatic nitrogens is 5. The molecular formula is C15H19ClN6. The maximum Gasteiger partial charge on any atom is 0.229 e. The first-order valence-electron chi connectivity index (χ1n) is 7.37. The van der Waals surface area contributed by atoms with Crippen LogP contribution in [0.3, 0.4) is 0 Å². The second-order valence-electron chi connectivity index (χ2n) is 5.39. The lowest BCUT2D eigenvalue weighted by molar-refractivity contribution is 0.568. The van der Waals surface area contributed by atoms with Crippen molar-refractivity contribution in [3.8, 4) is 0 Å². The maximum atomic E-state index is 6.13. The Labute approximate surface area is 134 Å². The summed E-state index contributed by atoms with van der Waals surface area (Å²) in [5.74, 6) is 0.545. The van der Waals surface area contributed by atoms with Crippen LogP contribution in [0.2, 0.25) is 5.02 Å². The van der Waals surface area contributed by atoms with Gasteiger partial charge in [0.1, 0.15) is 5.65 Å². The Bertz CT molecular complexity index is 804. The van der Waals surface area contributed by atoms with E-state index in [0.29, 0.717) is 11.0 Å². The molecule has 3 aromatic rings. The fraction of sp³-hybridized carbons (Fsp3) is 0.400. The summed E-state index contributed by atoms with van der Waals surface area (Å²) in [5.41, 5.74) is 2.67. The van der Waals surface area contributed by atoms with Gasteiger partial charge < -0.3 is 9.88 Å². The molecular weight excluding hydrogens is 300 g/mol. The number of nitrogens with zero attached hydrogens (tertiary/aromatic N) is 5. The van der Waals surface area contributed by atoms with E-state index in [1.807, 2.05) is 35.6 Å². The standard InChI is InChI=1S/C15H19ClN6/c1-4-5-6-22-9-13(10(2)20-22)18-15-17-7-11-12(16)8-21(3)14(11)19-15/h7-9H,4-6H2,1-3H3,(H,17,18,19). The van der Waals surface area contributed by atoms with Gasteiger partial charge in [-0.3, -0.25) is 4.68 Å². The summed E-state index contributed by atoms with van der Waals surface area (Å²) >= 11 is 6.13. The average Bonchev–Trinajstić information content (AvgIpc) is 2.98. The van der Waals surface area contributed by atoms with Crippen LogP contribution in [-0.2, 0) is 13.6 Å². The van der Waals surface area contributed by atoms with Crippen LogP contribution in [0.25, 0.3) is 11.0 Å². The van der Waals surface area contributed by atoms with E-state index >= 15 is 0 Å². The highest BCUT2D eigenvalue weighted by Crippen LogP contribution is 2.25. The van der Waals surface area contributed by atoms with Gasteiger partial charge >= 0.3 is 0 Å². The smallest absolute Gasteiger partial charge is 0.229 e. The van der Waals surface area contributed by atoms with Crippen LogP contribution in [0.5, 0.6) is 0 Å². The van der Waals surface area contributed by atoms with Gasteiger partial charge in [0, 0.05) is 32.2 Å². The van der Waals surface area contributed by atoms with Crippen LogP contribution in [0.1, 0.15) is 25.5 Å². The molecule has 0 spiro atoms. The second kappa shape index (κ2) is 5.96. The molecule has 0 radical (unpaired) electrons. The van der Waals surface area contributed by atoms with Gasteiger partial charge in [0.15, 0.2) is 0 Å². The van der Waals surface area contributed by atoms with Crippen molar-refractivity contribution in [1.82, 2.24) is 24.3 Å². The molecule has 0 unspecified atom stereocenters. The molecule has 0 bridgehead atoms. The fourth-order valence-electron chi connectivity index (χ4n) is 2.37. The number of hydrogen-bond acceptors (Lipinski definition) is 4. The lowest BCUT2D eigenvalue weighted by Crippen LogP contribution is -1.99. The van der Waals surface area contributed by atoms with Crippen molar-refractivity contribution in [3.63, 3.8) is 0 Å². The monoisotopic (exact) mass is 318 g/mol. The molecule has 6 nitrogen and oxygen atoms in total.